The number of carbonyl (C=O) groups is 1. The molecule has 0 atom stereocenters. The smallest absolute Gasteiger partial charge is 0.123 e. The summed E-state index contributed by atoms with van der Waals surface area (Å²) in [6, 6.07) is 0. The van der Waals surface area contributed by atoms with E-state index >= 15 is 0 Å². The maximum Gasteiger partial charge on any atom is 0.123 e. The highest BCUT2D eigenvalue weighted by Gasteiger charge is 2.41. The van der Waals surface area contributed by atoms with Crippen molar-refractivity contribution in [2.45, 2.75) is 25.7 Å². The minimum Gasteiger partial charge on any atom is -0.380 e. The number of carbonyl (C=O) groups excluding carboxylic acids is 1. The van der Waals surface area contributed by atoms with Gasteiger partial charge in [-0.3, -0.25) is 0 Å². The maximum absolute atomic E-state index is 10.4. The van der Waals surface area contributed by atoms with Crippen LogP contribution in [0.3, 0.4) is 0 Å². The van der Waals surface area contributed by atoms with Crippen LogP contribution in [0, 0.1) is 11.3 Å². The molecule has 2 nitrogen and oxygen atoms in total. The van der Waals surface area contributed by atoms with Crippen molar-refractivity contribution in [2.75, 3.05) is 13.2 Å². The van der Waals surface area contributed by atoms with Gasteiger partial charge in [0, 0.05) is 11.3 Å². The third kappa shape index (κ3) is 1.20. The summed E-state index contributed by atoms with van der Waals surface area (Å²) >= 11 is 0. The summed E-state index contributed by atoms with van der Waals surface area (Å²) in [4.78, 5) is 10.4. The van der Waals surface area contributed by atoms with Crippen LogP contribution in [0.5, 0.6) is 0 Å². The van der Waals surface area contributed by atoms with Gasteiger partial charge in [0.05, 0.1) is 13.2 Å². The molecule has 11 heavy (non-hydrogen) atoms. The average molecular weight is 154 g/mol. The molecular formula is C9H14O2. The molecule has 1 saturated heterocycles. The van der Waals surface area contributed by atoms with Crippen molar-refractivity contribution in [3.05, 3.63) is 0 Å². The molecule has 2 aliphatic rings. The van der Waals surface area contributed by atoms with Gasteiger partial charge in [0.25, 0.3) is 0 Å². The minimum absolute atomic E-state index is 0.348. The lowest BCUT2D eigenvalue weighted by Gasteiger charge is -2.45. The normalized spacial score (nSPS) is 29.8. The van der Waals surface area contributed by atoms with Gasteiger partial charge in [0.15, 0.2) is 0 Å². The van der Waals surface area contributed by atoms with Crippen LogP contribution in [0.15, 0.2) is 0 Å². The lowest BCUT2D eigenvalue weighted by atomic mass is 9.69. The molecule has 1 aliphatic heterocycles. The highest BCUT2D eigenvalue weighted by atomic mass is 16.5. The zero-order valence-electron chi connectivity index (χ0n) is 6.71. The van der Waals surface area contributed by atoms with Crippen LogP contribution in [0.2, 0.25) is 0 Å². The van der Waals surface area contributed by atoms with E-state index in [0.29, 0.717) is 11.3 Å². The molecule has 1 aliphatic carbocycles. The molecule has 0 aromatic heterocycles. The first-order valence-corrected chi connectivity index (χ1v) is 4.38. The van der Waals surface area contributed by atoms with Crippen molar-refractivity contribution in [3.63, 3.8) is 0 Å². The summed E-state index contributed by atoms with van der Waals surface area (Å²) in [6.45, 7) is 1.89. The topological polar surface area (TPSA) is 26.3 Å². The first kappa shape index (κ1) is 7.29. The molecule has 62 valence electrons. The Balaban J connectivity index is 1.88. The molecule has 1 spiro atoms. The molecule has 2 fully saturated rings. The quantitative estimate of drug-likeness (QED) is 0.533. The minimum atomic E-state index is 0.348. The molecule has 0 aromatic rings. The van der Waals surface area contributed by atoms with E-state index in [1.807, 2.05) is 0 Å². The zero-order chi connectivity index (χ0) is 7.73. The third-order valence-corrected chi connectivity index (χ3v) is 3.10. The highest BCUT2D eigenvalue weighted by molar-refractivity contribution is 5.53. The van der Waals surface area contributed by atoms with Crippen LogP contribution in [-0.4, -0.2) is 19.5 Å². The zero-order valence-corrected chi connectivity index (χ0v) is 6.71. The number of ether oxygens (including phenoxy) is 1. The second kappa shape index (κ2) is 2.59. The van der Waals surface area contributed by atoms with E-state index in [1.54, 1.807) is 0 Å². The second-order valence-corrected chi connectivity index (χ2v) is 3.97. The lowest BCUT2D eigenvalue weighted by Crippen LogP contribution is -2.45. The van der Waals surface area contributed by atoms with Gasteiger partial charge in [-0.2, -0.15) is 0 Å². The molecule has 1 heterocycles. The van der Waals surface area contributed by atoms with Crippen molar-refractivity contribution in [3.8, 4) is 0 Å². The van der Waals surface area contributed by atoms with Crippen molar-refractivity contribution in [1.82, 2.24) is 0 Å². The Morgan fingerprint density at radius 1 is 1.27 bits per heavy atom. The summed E-state index contributed by atoms with van der Waals surface area (Å²) in [7, 11) is 0. The fraction of sp³-hybridized carbons (Fsp3) is 0.889. The largest absolute Gasteiger partial charge is 0.380 e. The fourth-order valence-electron chi connectivity index (χ4n) is 2.07. The van der Waals surface area contributed by atoms with Crippen LogP contribution in [0.4, 0.5) is 0 Å². The van der Waals surface area contributed by atoms with Gasteiger partial charge in [0.2, 0.25) is 0 Å². The number of hydrogen-bond acceptors (Lipinski definition) is 2. The Labute approximate surface area is 66.9 Å². The van der Waals surface area contributed by atoms with Crippen LogP contribution in [-0.2, 0) is 9.53 Å². The Morgan fingerprint density at radius 2 is 1.91 bits per heavy atom. The molecule has 1 saturated carbocycles. The van der Waals surface area contributed by atoms with Crippen LogP contribution < -0.4 is 0 Å². The summed E-state index contributed by atoms with van der Waals surface area (Å²) in [5.41, 5.74) is 0.500. The number of aldehydes is 1. The number of hydrogen-bond donors (Lipinski definition) is 0. The summed E-state index contributed by atoms with van der Waals surface area (Å²) in [5.74, 6) is 0.348. The fourth-order valence-corrected chi connectivity index (χ4v) is 2.07. The summed E-state index contributed by atoms with van der Waals surface area (Å²) < 4.78 is 5.20. The summed E-state index contributed by atoms with van der Waals surface area (Å²) in [5, 5.41) is 0. The van der Waals surface area contributed by atoms with Crippen molar-refractivity contribution in [2.24, 2.45) is 11.3 Å². The van der Waals surface area contributed by atoms with Crippen molar-refractivity contribution < 1.29 is 9.53 Å². The molecule has 2 rings (SSSR count). The van der Waals surface area contributed by atoms with Gasteiger partial charge < -0.3 is 9.53 Å². The Hall–Kier alpha value is -0.370. The van der Waals surface area contributed by atoms with Gasteiger partial charge in [0.1, 0.15) is 6.29 Å². The molecule has 0 bridgehead atoms. The van der Waals surface area contributed by atoms with E-state index in [4.69, 9.17) is 4.74 Å². The van der Waals surface area contributed by atoms with E-state index in [0.717, 1.165) is 32.3 Å². The molecule has 2 heteroatoms. The lowest BCUT2D eigenvalue weighted by molar-refractivity contribution is -0.140. The van der Waals surface area contributed by atoms with E-state index in [1.165, 1.54) is 12.8 Å². The SMILES string of the molecule is O=CC1CCC2(CC1)COC2. The molecule has 0 N–H and O–H groups in total. The predicted molar refractivity (Wildman–Crippen MR) is 41.3 cm³/mol. The van der Waals surface area contributed by atoms with Crippen LogP contribution in [0.25, 0.3) is 0 Å². The summed E-state index contributed by atoms with van der Waals surface area (Å²) in [6.07, 6.45) is 5.71. The first-order valence-electron chi connectivity index (χ1n) is 4.38. The Morgan fingerprint density at radius 3 is 2.27 bits per heavy atom. The van der Waals surface area contributed by atoms with E-state index in [-0.39, 0.29) is 0 Å². The van der Waals surface area contributed by atoms with Crippen molar-refractivity contribution >= 4 is 6.29 Å². The van der Waals surface area contributed by atoms with Crippen LogP contribution >= 0.6 is 0 Å². The molecule has 0 unspecified atom stereocenters. The van der Waals surface area contributed by atoms with Gasteiger partial charge in [-0.1, -0.05) is 0 Å². The van der Waals surface area contributed by atoms with Gasteiger partial charge in [-0.25, -0.2) is 0 Å². The van der Waals surface area contributed by atoms with Gasteiger partial charge in [-0.15, -0.1) is 0 Å². The molecule has 0 amide bonds. The third-order valence-electron chi connectivity index (χ3n) is 3.10. The average Bonchev–Trinajstić information content (AvgIpc) is 2.02. The van der Waals surface area contributed by atoms with Crippen molar-refractivity contribution in [1.29, 1.82) is 0 Å². The monoisotopic (exact) mass is 154 g/mol. The Kier molecular flexibility index (Phi) is 1.72. The van der Waals surface area contributed by atoms with Crippen LogP contribution in [0.1, 0.15) is 25.7 Å². The second-order valence-electron chi connectivity index (χ2n) is 3.97. The molecule has 0 radical (unpaired) electrons. The van der Waals surface area contributed by atoms with E-state index in [9.17, 15) is 4.79 Å². The molecule has 0 aromatic carbocycles. The molecular weight excluding hydrogens is 140 g/mol. The Bertz CT molecular complexity index is 151. The predicted octanol–water partition coefficient (Wildman–Crippen LogP) is 1.39. The maximum atomic E-state index is 10.4. The number of rotatable bonds is 1. The standard InChI is InChI=1S/C9H14O2/c10-5-8-1-3-9(4-2-8)6-11-7-9/h5,8H,1-4,6-7H2. The van der Waals surface area contributed by atoms with E-state index in [2.05, 4.69) is 0 Å². The van der Waals surface area contributed by atoms with Gasteiger partial charge >= 0.3 is 0 Å². The first-order chi connectivity index (χ1) is 5.35. The highest BCUT2D eigenvalue weighted by Crippen LogP contribution is 2.43. The van der Waals surface area contributed by atoms with Gasteiger partial charge in [-0.05, 0) is 25.7 Å². The van der Waals surface area contributed by atoms with E-state index < -0.39 is 0 Å².